The second kappa shape index (κ2) is 14.6. The summed E-state index contributed by atoms with van der Waals surface area (Å²) in [6.45, 7) is 8.29. The van der Waals surface area contributed by atoms with Crippen molar-refractivity contribution in [2.75, 3.05) is 30.4 Å². The average Bonchev–Trinajstić information content (AvgIpc) is 3.54. The van der Waals surface area contributed by atoms with Crippen molar-refractivity contribution in [2.45, 2.75) is 45.3 Å². The molecule has 0 spiro atoms. The number of halogens is 1. The number of nitrogens with one attached hydrogen (secondary N) is 3. The Bertz CT molecular complexity index is 1770. The molecule has 238 valence electrons. The van der Waals surface area contributed by atoms with Crippen LogP contribution in [0.4, 0.5) is 17.1 Å². The van der Waals surface area contributed by atoms with Crippen LogP contribution in [0.5, 0.6) is 11.5 Å². The first-order valence-corrected chi connectivity index (χ1v) is 15.3. The third kappa shape index (κ3) is 8.13. The molecular weight excluding hydrogens is 604 g/mol. The maximum atomic E-state index is 12.7. The monoisotopic (exact) mass is 640 g/mol. The SMILES string of the molecule is CC(C)(C)c1ccc(COc2ccc(Nc3c(C#N)cnc4cc(OC5CCOC5)c(NC(=O)/C=C/CNN)cc34)cc2Cl)cc1. The van der Waals surface area contributed by atoms with E-state index in [1.807, 2.05) is 6.07 Å². The number of nitriles is 1. The zero-order valence-electron chi connectivity index (χ0n) is 26.0. The van der Waals surface area contributed by atoms with Crippen LogP contribution in [0.15, 0.2) is 72.9 Å². The van der Waals surface area contributed by atoms with E-state index in [4.69, 9.17) is 31.7 Å². The number of nitrogens with zero attached hydrogens (tertiary/aromatic N) is 2. The average molecular weight is 641 g/mol. The standard InChI is InChI=1S/C35H37ClN6O4/c1-35(2,3)24-8-6-22(7-9-24)20-45-31-11-10-25(15-28(31)36)41-34-23(18-37)19-39-29-17-32(46-26-12-14-44-21-26)30(16-27(29)34)42-33(43)5-4-13-40-38/h4-11,15-17,19,26,40H,12-14,20-21,38H2,1-3H3,(H,39,41)(H,42,43)/b5-4+. The second-order valence-corrected chi connectivity index (χ2v) is 12.3. The summed E-state index contributed by atoms with van der Waals surface area (Å²) in [5.41, 5.74) is 7.29. The van der Waals surface area contributed by atoms with Gasteiger partial charge in [-0.3, -0.25) is 21.0 Å². The predicted molar refractivity (Wildman–Crippen MR) is 180 cm³/mol. The van der Waals surface area contributed by atoms with Crippen LogP contribution in [0.3, 0.4) is 0 Å². The van der Waals surface area contributed by atoms with Crippen molar-refractivity contribution in [3.05, 3.63) is 94.7 Å². The highest BCUT2D eigenvalue weighted by Gasteiger charge is 2.21. The Balaban J connectivity index is 1.41. The molecule has 0 saturated carbocycles. The Morgan fingerprint density at radius 2 is 1.98 bits per heavy atom. The number of ether oxygens (including phenoxy) is 3. The van der Waals surface area contributed by atoms with Gasteiger partial charge in [0.25, 0.3) is 0 Å². The van der Waals surface area contributed by atoms with Crippen molar-refractivity contribution in [1.82, 2.24) is 10.4 Å². The Morgan fingerprint density at radius 3 is 2.65 bits per heavy atom. The Labute approximate surface area is 273 Å². The van der Waals surface area contributed by atoms with Gasteiger partial charge in [0, 0.05) is 42.4 Å². The fraction of sp³-hybridized carbons (Fsp3) is 0.286. The topological polar surface area (TPSA) is 144 Å². The van der Waals surface area contributed by atoms with E-state index in [2.05, 4.69) is 72.1 Å². The molecule has 3 aromatic carbocycles. The number of fused-ring (bicyclic) bond motifs is 1. The molecule has 11 heteroatoms. The number of pyridine rings is 1. The molecule has 2 heterocycles. The number of carbonyl (C=O) groups is 1. The van der Waals surface area contributed by atoms with Gasteiger partial charge in [0.05, 0.1) is 40.7 Å². The third-order valence-electron chi connectivity index (χ3n) is 7.45. The van der Waals surface area contributed by atoms with Crippen LogP contribution in [0.25, 0.3) is 10.9 Å². The first-order chi connectivity index (χ1) is 22.1. The minimum Gasteiger partial charge on any atom is -0.487 e. The lowest BCUT2D eigenvalue weighted by Gasteiger charge is -2.19. The molecule has 0 aliphatic carbocycles. The van der Waals surface area contributed by atoms with Gasteiger partial charge in [-0.05, 0) is 40.8 Å². The summed E-state index contributed by atoms with van der Waals surface area (Å²) in [4.78, 5) is 17.2. The summed E-state index contributed by atoms with van der Waals surface area (Å²) in [7, 11) is 0. The molecule has 10 nitrogen and oxygen atoms in total. The van der Waals surface area contributed by atoms with Crippen molar-refractivity contribution in [1.29, 1.82) is 5.26 Å². The number of anilines is 3. The zero-order valence-corrected chi connectivity index (χ0v) is 26.8. The van der Waals surface area contributed by atoms with Crippen molar-refractivity contribution in [2.24, 2.45) is 5.84 Å². The molecule has 1 unspecified atom stereocenters. The van der Waals surface area contributed by atoms with Crippen molar-refractivity contribution >= 4 is 45.5 Å². The van der Waals surface area contributed by atoms with Gasteiger partial charge in [0.1, 0.15) is 30.3 Å². The van der Waals surface area contributed by atoms with E-state index >= 15 is 0 Å². The smallest absolute Gasteiger partial charge is 0.248 e. The number of amides is 1. The van der Waals surface area contributed by atoms with Crippen molar-refractivity contribution in [3.63, 3.8) is 0 Å². The van der Waals surface area contributed by atoms with Gasteiger partial charge in [-0.2, -0.15) is 5.26 Å². The Hall–Kier alpha value is -4.66. The molecular formula is C35H37ClN6O4. The van der Waals surface area contributed by atoms with E-state index in [-0.39, 0.29) is 17.4 Å². The molecule has 46 heavy (non-hydrogen) atoms. The molecule has 5 N–H and O–H groups in total. The summed E-state index contributed by atoms with van der Waals surface area (Å²) >= 11 is 6.64. The van der Waals surface area contributed by atoms with Gasteiger partial charge >= 0.3 is 0 Å². The van der Waals surface area contributed by atoms with Crippen LogP contribution in [-0.4, -0.2) is 36.8 Å². The minimum absolute atomic E-state index is 0.0766. The number of rotatable bonds is 11. The summed E-state index contributed by atoms with van der Waals surface area (Å²) in [6, 6.07) is 19.4. The fourth-order valence-electron chi connectivity index (χ4n) is 4.93. The van der Waals surface area contributed by atoms with Crippen LogP contribution in [0, 0.1) is 11.3 Å². The van der Waals surface area contributed by atoms with Gasteiger partial charge in [-0.15, -0.1) is 0 Å². The van der Waals surface area contributed by atoms with Gasteiger partial charge in [-0.25, -0.2) is 0 Å². The zero-order chi connectivity index (χ0) is 32.7. The van der Waals surface area contributed by atoms with Crippen LogP contribution in [0.2, 0.25) is 5.02 Å². The molecule has 1 fully saturated rings. The lowest BCUT2D eigenvalue weighted by molar-refractivity contribution is -0.111. The number of nitrogens with two attached hydrogens (primary N) is 1. The lowest BCUT2D eigenvalue weighted by atomic mass is 9.87. The van der Waals surface area contributed by atoms with Gasteiger partial charge < -0.3 is 24.8 Å². The van der Waals surface area contributed by atoms with E-state index in [0.717, 1.165) is 12.0 Å². The van der Waals surface area contributed by atoms with Crippen molar-refractivity contribution in [3.8, 4) is 17.6 Å². The normalized spacial score (nSPS) is 14.7. The molecule has 1 aliphatic rings. The molecule has 0 bridgehead atoms. The maximum absolute atomic E-state index is 12.7. The molecule has 1 saturated heterocycles. The van der Waals surface area contributed by atoms with Crippen LogP contribution in [0.1, 0.15) is 43.9 Å². The predicted octanol–water partition coefficient (Wildman–Crippen LogP) is 6.51. The second-order valence-electron chi connectivity index (χ2n) is 11.9. The van der Waals surface area contributed by atoms with E-state index in [1.165, 1.54) is 17.8 Å². The summed E-state index contributed by atoms with van der Waals surface area (Å²) in [6.07, 6.45) is 5.04. The number of aromatic nitrogens is 1. The molecule has 1 aliphatic heterocycles. The van der Waals surface area contributed by atoms with E-state index in [0.29, 0.717) is 76.4 Å². The van der Waals surface area contributed by atoms with Gasteiger partial charge in [-0.1, -0.05) is 62.7 Å². The Kier molecular flexibility index (Phi) is 10.4. The Morgan fingerprint density at radius 1 is 1.17 bits per heavy atom. The highest BCUT2D eigenvalue weighted by molar-refractivity contribution is 6.32. The lowest BCUT2D eigenvalue weighted by Crippen LogP contribution is -2.22. The molecule has 0 radical (unpaired) electrons. The number of benzene rings is 3. The number of carbonyl (C=O) groups excluding carboxylic acids is 1. The maximum Gasteiger partial charge on any atom is 0.248 e. The molecule has 1 aromatic heterocycles. The highest BCUT2D eigenvalue weighted by Crippen LogP contribution is 2.38. The number of hydrogen-bond donors (Lipinski definition) is 4. The largest absolute Gasteiger partial charge is 0.487 e. The molecule has 1 amide bonds. The van der Waals surface area contributed by atoms with Gasteiger partial charge in [0.2, 0.25) is 5.91 Å². The minimum atomic E-state index is -0.367. The molecule has 1 atom stereocenters. The van der Waals surface area contributed by atoms with Crippen LogP contribution >= 0.6 is 11.6 Å². The summed E-state index contributed by atoms with van der Waals surface area (Å²) < 4.78 is 17.7. The molecule has 4 aromatic rings. The van der Waals surface area contributed by atoms with E-state index in [1.54, 1.807) is 30.3 Å². The number of hydrogen-bond acceptors (Lipinski definition) is 9. The van der Waals surface area contributed by atoms with E-state index < -0.39 is 0 Å². The summed E-state index contributed by atoms with van der Waals surface area (Å²) in [5, 5.41) is 17.2. The van der Waals surface area contributed by atoms with Crippen LogP contribution < -0.4 is 31.4 Å². The first-order valence-electron chi connectivity index (χ1n) is 15.0. The highest BCUT2D eigenvalue weighted by atomic mass is 35.5. The quantitative estimate of drug-likeness (QED) is 0.0820. The van der Waals surface area contributed by atoms with Crippen LogP contribution in [-0.2, 0) is 21.6 Å². The van der Waals surface area contributed by atoms with Crippen molar-refractivity contribution < 1.29 is 19.0 Å². The first kappa shape index (κ1) is 32.7. The number of hydrazine groups is 1. The molecule has 5 rings (SSSR count). The summed E-state index contributed by atoms with van der Waals surface area (Å²) in [5.74, 6) is 5.92. The fourth-order valence-corrected chi connectivity index (χ4v) is 5.17. The van der Waals surface area contributed by atoms with E-state index in [9.17, 15) is 10.1 Å². The third-order valence-corrected chi connectivity index (χ3v) is 7.74. The van der Waals surface area contributed by atoms with Gasteiger partial charge in [0.15, 0.2) is 0 Å².